The van der Waals surface area contributed by atoms with Gasteiger partial charge < -0.3 is 15.3 Å². The number of hydrogen-bond donors (Lipinski definition) is 2. The Labute approximate surface area is 116 Å². The Bertz CT molecular complexity index is 303. The van der Waals surface area contributed by atoms with Crippen LogP contribution < -0.4 is 5.32 Å². The maximum Gasteiger partial charge on any atom is 0.317 e. The molecule has 2 unspecified atom stereocenters. The molecule has 0 rings (SSSR count). The molecule has 0 radical (unpaired) electrons. The van der Waals surface area contributed by atoms with Gasteiger partial charge in [-0.15, -0.1) is 0 Å². The van der Waals surface area contributed by atoms with Gasteiger partial charge in [-0.1, -0.05) is 27.7 Å². The molecular formula is C14H28N2O3. The molecule has 2 N–H and O–H groups in total. The molecule has 0 saturated carbocycles. The van der Waals surface area contributed by atoms with Gasteiger partial charge in [0.05, 0.1) is 6.42 Å². The van der Waals surface area contributed by atoms with Crippen molar-refractivity contribution in [2.75, 3.05) is 7.05 Å². The SMILES string of the molecule is CC(C)CC(C)N(C)C(=O)NC(CC(=O)O)C(C)C. The monoisotopic (exact) mass is 272 g/mol. The lowest BCUT2D eigenvalue weighted by molar-refractivity contribution is -0.137. The molecule has 112 valence electrons. The van der Waals surface area contributed by atoms with Gasteiger partial charge in [0.2, 0.25) is 0 Å². The van der Waals surface area contributed by atoms with E-state index in [2.05, 4.69) is 19.2 Å². The number of carboxylic acid groups (broad SMARTS) is 1. The van der Waals surface area contributed by atoms with E-state index in [9.17, 15) is 9.59 Å². The quantitative estimate of drug-likeness (QED) is 0.748. The molecule has 2 amide bonds. The first-order valence-corrected chi connectivity index (χ1v) is 6.90. The van der Waals surface area contributed by atoms with Gasteiger partial charge in [0, 0.05) is 19.1 Å². The van der Waals surface area contributed by atoms with Crippen LogP contribution in [-0.2, 0) is 4.79 Å². The molecule has 0 aliphatic carbocycles. The highest BCUT2D eigenvalue weighted by molar-refractivity contribution is 5.76. The average molecular weight is 272 g/mol. The van der Waals surface area contributed by atoms with Crippen molar-refractivity contribution in [2.24, 2.45) is 11.8 Å². The van der Waals surface area contributed by atoms with Crippen LogP contribution in [0, 0.1) is 11.8 Å². The van der Waals surface area contributed by atoms with Crippen LogP contribution in [0.1, 0.15) is 47.5 Å². The molecule has 0 aliphatic heterocycles. The highest BCUT2D eigenvalue weighted by atomic mass is 16.4. The zero-order chi connectivity index (χ0) is 15.2. The maximum absolute atomic E-state index is 12.1. The molecular weight excluding hydrogens is 244 g/mol. The van der Waals surface area contributed by atoms with Crippen LogP contribution in [0.15, 0.2) is 0 Å². The minimum Gasteiger partial charge on any atom is -0.481 e. The number of amides is 2. The third-order valence-corrected chi connectivity index (χ3v) is 3.30. The van der Waals surface area contributed by atoms with Crippen molar-refractivity contribution in [2.45, 2.75) is 59.5 Å². The summed E-state index contributed by atoms with van der Waals surface area (Å²) in [5.41, 5.74) is 0. The van der Waals surface area contributed by atoms with Crippen LogP contribution in [0.2, 0.25) is 0 Å². The molecule has 0 aromatic heterocycles. The van der Waals surface area contributed by atoms with Crippen LogP contribution in [0.3, 0.4) is 0 Å². The van der Waals surface area contributed by atoms with Gasteiger partial charge >= 0.3 is 12.0 Å². The van der Waals surface area contributed by atoms with Crippen molar-refractivity contribution >= 4 is 12.0 Å². The number of hydrogen-bond acceptors (Lipinski definition) is 2. The molecule has 0 saturated heterocycles. The Morgan fingerprint density at radius 2 is 1.68 bits per heavy atom. The van der Waals surface area contributed by atoms with Gasteiger partial charge in [-0.25, -0.2) is 4.79 Å². The van der Waals surface area contributed by atoms with Crippen molar-refractivity contribution in [3.8, 4) is 0 Å². The first-order chi connectivity index (χ1) is 8.65. The lowest BCUT2D eigenvalue weighted by atomic mass is 10.0. The Morgan fingerprint density at radius 1 is 1.16 bits per heavy atom. The molecule has 0 bridgehead atoms. The average Bonchev–Trinajstić information content (AvgIpc) is 2.25. The van der Waals surface area contributed by atoms with Gasteiger partial charge in [0.25, 0.3) is 0 Å². The van der Waals surface area contributed by atoms with E-state index < -0.39 is 5.97 Å². The van der Waals surface area contributed by atoms with Crippen LogP contribution in [-0.4, -0.2) is 41.1 Å². The molecule has 0 aromatic rings. The molecule has 0 fully saturated rings. The summed E-state index contributed by atoms with van der Waals surface area (Å²) < 4.78 is 0. The van der Waals surface area contributed by atoms with Gasteiger partial charge in [-0.05, 0) is 25.2 Å². The summed E-state index contributed by atoms with van der Waals surface area (Å²) in [6.45, 7) is 10.0. The molecule has 0 heterocycles. The molecule has 5 heteroatoms. The van der Waals surface area contributed by atoms with Crippen LogP contribution >= 0.6 is 0 Å². The topological polar surface area (TPSA) is 69.6 Å². The largest absolute Gasteiger partial charge is 0.481 e. The fourth-order valence-electron chi connectivity index (χ4n) is 1.94. The van der Waals surface area contributed by atoms with Crippen LogP contribution in [0.4, 0.5) is 4.79 Å². The zero-order valence-corrected chi connectivity index (χ0v) is 12.9. The summed E-state index contributed by atoms with van der Waals surface area (Å²) in [5, 5.41) is 11.7. The Balaban J connectivity index is 4.50. The summed E-state index contributed by atoms with van der Waals surface area (Å²) in [6.07, 6.45) is 0.880. The van der Waals surface area contributed by atoms with E-state index in [1.807, 2.05) is 20.8 Å². The smallest absolute Gasteiger partial charge is 0.317 e. The minimum absolute atomic E-state index is 0.0458. The Hall–Kier alpha value is -1.26. The van der Waals surface area contributed by atoms with Crippen molar-refractivity contribution in [1.82, 2.24) is 10.2 Å². The third-order valence-electron chi connectivity index (χ3n) is 3.30. The lowest BCUT2D eigenvalue weighted by Gasteiger charge is -2.29. The summed E-state index contributed by atoms with van der Waals surface area (Å²) in [6, 6.07) is -0.399. The fraction of sp³-hybridized carbons (Fsp3) is 0.857. The number of urea groups is 1. The number of aliphatic carboxylic acids is 1. The number of carbonyl (C=O) groups excluding carboxylic acids is 1. The predicted molar refractivity (Wildman–Crippen MR) is 76.1 cm³/mol. The van der Waals surface area contributed by atoms with Crippen molar-refractivity contribution < 1.29 is 14.7 Å². The number of nitrogens with one attached hydrogen (secondary N) is 1. The maximum atomic E-state index is 12.1. The van der Waals surface area contributed by atoms with E-state index in [0.717, 1.165) is 6.42 Å². The van der Waals surface area contributed by atoms with Gasteiger partial charge in [-0.3, -0.25) is 4.79 Å². The third kappa shape index (κ3) is 7.03. The van der Waals surface area contributed by atoms with E-state index >= 15 is 0 Å². The normalized spacial score (nSPS) is 14.3. The van der Waals surface area contributed by atoms with E-state index in [1.54, 1.807) is 11.9 Å². The van der Waals surface area contributed by atoms with Crippen molar-refractivity contribution in [1.29, 1.82) is 0 Å². The van der Waals surface area contributed by atoms with Crippen LogP contribution in [0.5, 0.6) is 0 Å². The van der Waals surface area contributed by atoms with Gasteiger partial charge in [0.15, 0.2) is 0 Å². The van der Waals surface area contributed by atoms with E-state index in [0.29, 0.717) is 5.92 Å². The van der Waals surface area contributed by atoms with E-state index in [-0.39, 0.29) is 30.5 Å². The summed E-state index contributed by atoms with van der Waals surface area (Å²) in [5.74, 6) is -0.282. The summed E-state index contributed by atoms with van der Waals surface area (Å²) in [4.78, 5) is 24.5. The number of carbonyl (C=O) groups is 2. The second kappa shape index (κ2) is 8.02. The van der Waals surface area contributed by atoms with Gasteiger partial charge in [0.1, 0.15) is 0 Å². The molecule has 5 nitrogen and oxygen atoms in total. The summed E-state index contributed by atoms with van der Waals surface area (Å²) in [7, 11) is 1.75. The molecule has 0 aromatic carbocycles. The zero-order valence-electron chi connectivity index (χ0n) is 12.9. The minimum atomic E-state index is -0.892. The van der Waals surface area contributed by atoms with E-state index in [4.69, 9.17) is 5.11 Å². The molecule has 0 aliphatic rings. The van der Waals surface area contributed by atoms with Crippen molar-refractivity contribution in [3.05, 3.63) is 0 Å². The molecule has 19 heavy (non-hydrogen) atoms. The fourth-order valence-corrected chi connectivity index (χ4v) is 1.94. The first-order valence-electron chi connectivity index (χ1n) is 6.90. The molecule has 0 spiro atoms. The predicted octanol–water partition coefficient (Wildman–Crippen LogP) is 2.56. The van der Waals surface area contributed by atoms with Gasteiger partial charge in [-0.2, -0.15) is 0 Å². The Morgan fingerprint density at radius 3 is 2.05 bits per heavy atom. The number of carboxylic acids is 1. The summed E-state index contributed by atoms with van der Waals surface area (Å²) >= 11 is 0. The second-order valence-electron chi connectivity index (χ2n) is 5.99. The lowest BCUT2D eigenvalue weighted by Crippen LogP contribution is -2.49. The standard InChI is InChI=1S/C14H28N2O3/c1-9(2)7-11(5)16(6)14(19)15-12(10(3)4)8-13(17)18/h9-12H,7-8H2,1-6H3,(H,15,19)(H,17,18). The number of nitrogens with zero attached hydrogens (tertiary/aromatic N) is 1. The van der Waals surface area contributed by atoms with Crippen molar-refractivity contribution in [3.63, 3.8) is 0 Å². The highest BCUT2D eigenvalue weighted by Crippen LogP contribution is 2.11. The van der Waals surface area contributed by atoms with Crippen LogP contribution in [0.25, 0.3) is 0 Å². The number of rotatable bonds is 7. The Kier molecular flexibility index (Phi) is 7.49. The van der Waals surface area contributed by atoms with E-state index in [1.165, 1.54) is 0 Å². The first kappa shape index (κ1) is 17.7. The highest BCUT2D eigenvalue weighted by Gasteiger charge is 2.23. The molecule has 2 atom stereocenters. The second-order valence-corrected chi connectivity index (χ2v) is 5.99.